The van der Waals surface area contributed by atoms with Crippen molar-refractivity contribution in [2.75, 3.05) is 39.5 Å². The van der Waals surface area contributed by atoms with Crippen LogP contribution in [-0.4, -0.2) is 125 Å². The van der Waals surface area contributed by atoms with E-state index in [4.69, 9.17) is 20.1 Å². The van der Waals surface area contributed by atoms with E-state index >= 15 is 0 Å². The van der Waals surface area contributed by atoms with Gasteiger partial charge < -0.3 is 45.1 Å². The Morgan fingerprint density at radius 3 is 2.54 bits per heavy atom. The maximum Gasteiger partial charge on any atom is 0.303 e. The number of carboxylic acids is 1. The number of aliphatic hydroxyl groups is 2. The van der Waals surface area contributed by atoms with Crippen LogP contribution < -0.4 is 16.5 Å². The van der Waals surface area contributed by atoms with E-state index in [1.165, 1.54) is 0 Å². The molecule has 3 heterocycles. The number of amides is 3. The second-order valence-electron chi connectivity index (χ2n) is 18.8. The number of carbonyl (C=O) groups is 6. The van der Waals surface area contributed by atoms with Gasteiger partial charge in [-0.2, -0.15) is 0 Å². The molecule has 3 amide bonds. The summed E-state index contributed by atoms with van der Waals surface area (Å²) in [5.74, 6) is 1.54. The van der Waals surface area contributed by atoms with E-state index in [0.29, 0.717) is 45.4 Å². The Hall–Kier alpha value is -4.36. The third-order valence-corrected chi connectivity index (χ3v) is 15.1. The molecule has 1 aromatic carbocycles. The highest BCUT2D eigenvalue weighted by Crippen LogP contribution is 2.70. The van der Waals surface area contributed by atoms with E-state index < -0.39 is 90.2 Å². The molecule has 3 saturated carbocycles. The van der Waals surface area contributed by atoms with Crippen LogP contribution in [0.1, 0.15) is 76.2 Å². The number of nitrogens with zero attached hydrogens (tertiary/aromatic N) is 1. The van der Waals surface area contributed by atoms with Crippen molar-refractivity contribution in [2.24, 2.45) is 39.9 Å². The Morgan fingerprint density at radius 1 is 1.08 bits per heavy atom. The van der Waals surface area contributed by atoms with Crippen molar-refractivity contribution in [1.29, 1.82) is 0 Å². The highest BCUT2D eigenvalue weighted by molar-refractivity contribution is 6.01. The quantitative estimate of drug-likeness (QED) is 0.142. The Labute approximate surface area is 353 Å². The summed E-state index contributed by atoms with van der Waals surface area (Å²) in [6.07, 6.45) is 6.13. The van der Waals surface area contributed by atoms with Gasteiger partial charge in [0.1, 0.15) is 19.3 Å². The fraction of sp³-hybridized carbons (Fsp3) is 0.636. The first-order valence-corrected chi connectivity index (χ1v) is 21.2. The van der Waals surface area contributed by atoms with Crippen LogP contribution in [0.5, 0.6) is 0 Å². The van der Waals surface area contributed by atoms with Crippen molar-refractivity contribution in [3.05, 3.63) is 59.2 Å². The molecule has 17 heteroatoms. The number of benzene rings is 1. The zero-order chi connectivity index (χ0) is 43.5. The number of aliphatic carboxylic acids is 1. The number of aliphatic hydroxyl groups excluding tert-OH is 2. The summed E-state index contributed by atoms with van der Waals surface area (Å²) in [6, 6.07) is 6.68. The van der Waals surface area contributed by atoms with Gasteiger partial charge in [0.25, 0.3) is 0 Å². The molecule has 0 radical (unpaired) electrons. The van der Waals surface area contributed by atoms with Gasteiger partial charge in [0.05, 0.1) is 31.5 Å². The summed E-state index contributed by atoms with van der Waals surface area (Å²) in [4.78, 5) is 80.8. The molecule has 6 fully saturated rings. The Balaban J connectivity index is 0.880. The van der Waals surface area contributed by atoms with Crippen molar-refractivity contribution >= 4 is 35.3 Å². The van der Waals surface area contributed by atoms with Gasteiger partial charge in [0.2, 0.25) is 17.7 Å². The zero-order valence-corrected chi connectivity index (χ0v) is 34.5. The van der Waals surface area contributed by atoms with Gasteiger partial charge in [0, 0.05) is 47.2 Å². The molecule has 8 rings (SSSR count). The number of carbonyl (C=O) groups excluding carboxylic acids is 5. The van der Waals surface area contributed by atoms with Crippen LogP contribution in [0.3, 0.4) is 0 Å². The summed E-state index contributed by atoms with van der Waals surface area (Å²) < 4.78 is 19.6. The van der Waals surface area contributed by atoms with Crippen LogP contribution in [0.4, 0.5) is 0 Å². The number of nitrogens with two attached hydrogens (primary N) is 1. The number of hydrogen-bond donors (Lipinski definition) is 6. The highest BCUT2D eigenvalue weighted by Gasteiger charge is 2.76. The molecule has 3 aliphatic heterocycles. The number of rotatable bonds is 14. The summed E-state index contributed by atoms with van der Waals surface area (Å²) in [5.41, 5.74) is -0.200. The second-order valence-corrected chi connectivity index (χ2v) is 18.8. The van der Waals surface area contributed by atoms with Crippen molar-refractivity contribution < 1.29 is 63.1 Å². The molecule has 17 nitrogen and oxygen atoms in total. The Morgan fingerprint density at radius 2 is 1.84 bits per heavy atom. The molecule has 7 N–H and O–H groups in total. The number of Topliss-reactive ketones (excluding diaryl/α,β-unsaturated/α-hetero) is 1. The molecule has 1 spiro atoms. The number of ether oxygens (including phenoxy) is 3. The topological polar surface area (TPSA) is 253 Å². The lowest BCUT2D eigenvalue weighted by atomic mass is 9.46. The van der Waals surface area contributed by atoms with Crippen molar-refractivity contribution in [3.63, 3.8) is 0 Å². The van der Waals surface area contributed by atoms with E-state index in [2.05, 4.69) is 22.4 Å². The molecule has 1 unspecified atom stereocenters. The smallest absolute Gasteiger partial charge is 0.303 e. The van der Waals surface area contributed by atoms with Gasteiger partial charge >= 0.3 is 5.97 Å². The number of carboxylic acid groups (broad SMARTS) is 1. The average Bonchev–Trinajstić information content (AvgIpc) is 3.88. The van der Waals surface area contributed by atoms with Crippen LogP contribution in [0.15, 0.2) is 48.1 Å². The number of likely N-dealkylation sites (tertiary alicyclic amines) is 1. The third-order valence-electron chi connectivity index (χ3n) is 15.1. The minimum absolute atomic E-state index is 0.00700. The summed E-state index contributed by atoms with van der Waals surface area (Å²) in [5, 5.41) is 36.4. The fourth-order valence-corrected chi connectivity index (χ4v) is 12.4. The lowest BCUT2D eigenvalue weighted by molar-refractivity contribution is -0.201. The van der Waals surface area contributed by atoms with Crippen molar-refractivity contribution in [2.45, 2.75) is 101 Å². The molecule has 1 aromatic rings. The van der Waals surface area contributed by atoms with E-state index in [1.54, 1.807) is 17.1 Å². The lowest BCUT2D eigenvalue weighted by Crippen LogP contribution is -2.63. The molecule has 3 saturated heterocycles. The Kier molecular flexibility index (Phi) is 11.6. The number of allylic oxidation sites excluding steroid dienone is 4. The predicted octanol–water partition coefficient (Wildman–Crippen LogP) is 0.806. The molecular formula is C44H56N4O13. The molecule has 4 aliphatic carbocycles. The second kappa shape index (κ2) is 16.4. The molecular weight excluding hydrogens is 792 g/mol. The van der Waals surface area contributed by atoms with Crippen molar-refractivity contribution in [1.82, 2.24) is 15.5 Å². The van der Waals surface area contributed by atoms with Crippen LogP contribution in [0, 0.1) is 34.0 Å². The first-order chi connectivity index (χ1) is 29.0. The molecule has 7 aliphatic rings. The van der Waals surface area contributed by atoms with Crippen LogP contribution >= 0.6 is 0 Å². The highest BCUT2D eigenvalue weighted by atomic mass is 16.7. The van der Waals surface area contributed by atoms with E-state index in [9.17, 15) is 44.1 Å². The minimum atomic E-state index is -1.44. The average molecular weight is 849 g/mol. The number of hydrogen-bond acceptors (Lipinski definition) is 13. The molecule has 61 heavy (non-hydrogen) atoms. The predicted molar refractivity (Wildman–Crippen MR) is 212 cm³/mol. The SMILES string of the molecule is C[C@]12C=CC(=O)C=C1CC[C@@H]1[C@@H]2[C@@H](O)C[C@@]2(C)[C@H]1C[C@H]1O[C@H](c3ccc(CC4CC5(CO4)CN(C(=O)[C@H](CCC(=O)O)NC(=O)CNC(=O)CON)C5)cc3)O[C@]12C(=O)CO. The van der Waals surface area contributed by atoms with Crippen LogP contribution in [0.25, 0.3) is 0 Å². The van der Waals surface area contributed by atoms with Gasteiger partial charge in [0.15, 0.2) is 23.5 Å². The first-order valence-electron chi connectivity index (χ1n) is 21.2. The van der Waals surface area contributed by atoms with Gasteiger partial charge in [-0.15, -0.1) is 0 Å². The minimum Gasteiger partial charge on any atom is -0.481 e. The summed E-state index contributed by atoms with van der Waals surface area (Å²) in [7, 11) is 0. The van der Waals surface area contributed by atoms with Crippen LogP contribution in [0.2, 0.25) is 0 Å². The summed E-state index contributed by atoms with van der Waals surface area (Å²) in [6.45, 7) is 3.76. The maximum absolute atomic E-state index is 13.9. The van der Waals surface area contributed by atoms with Gasteiger partial charge in [-0.05, 0) is 74.5 Å². The van der Waals surface area contributed by atoms with Gasteiger partial charge in [-0.3, -0.25) is 33.6 Å². The van der Waals surface area contributed by atoms with Crippen molar-refractivity contribution in [3.8, 4) is 0 Å². The van der Waals surface area contributed by atoms with E-state index in [-0.39, 0.29) is 47.9 Å². The fourth-order valence-electron chi connectivity index (χ4n) is 12.4. The van der Waals surface area contributed by atoms with Gasteiger partial charge in [-0.1, -0.05) is 49.8 Å². The maximum atomic E-state index is 13.9. The monoisotopic (exact) mass is 848 g/mol. The normalized spacial score (nSPS) is 35.9. The molecule has 0 bridgehead atoms. The van der Waals surface area contributed by atoms with Gasteiger partial charge in [-0.25, -0.2) is 5.90 Å². The Bertz CT molecular complexity index is 2020. The standard InChI is InChI=1S/C44H56N4O13/c1-41-12-11-27(50)14-26(41)7-8-29-30-15-34-44(33(52)19-49,42(30,2)17-32(51)38(29)41)61-40(60-34)25-5-3-24(4-6-25)13-28-16-43(23-58-28)21-48(22-43)39(57)31(9-10-37(55)56)47-35(53)18-46-36(54)20-59-45/h3-6,11-12,14,28-32,34,38,40,49,51H,7-10,13,15-23,45H2,1-2H3,(H,46,54)(H,47,53)(H,55,56)/t28?,29-,30-,31-,32-,34+,38+,40-,41-,42-,44+/m0/s1. The largest absolute Gasteiger partial charge is 0.481 e. The van der Waals surface area contributed by atoms with Crippen LogP contribution in [-0.2, 0) is 54.2 Å². The number of ketones is 2. The molecule has 11 atom stereocenters. The van der Waals surface area contributed by atoms with E-state index in [0.717, 1.165) is 29.5 Å². The summed E-state index contributed by atoms with van der Waals surface area (Å²) >= 11 is 0. The zero-order valence-electron chi connectivity index (χ0n) is 34.5. The molecule has 0 aromatic heterocycles. The third kappa shape index (κ3) is 7.55. The number of nitrogens with one attached hydrogen (secondary N) is 2. The molecule has 330 valence electrons. The van der Waals surface area contributed by atoms with E-state index in [1.807, 2.05) is 37.3 Å². The first kappa shape index (κ1) is 43.3. The number of fused-ring (bicyclic) bond motifs is 7. The lowest BCUT2D eigenvalue weighted by Gasteiger charge is -2.59.